The van der Waals surface area contributed by atoms with Gasteiger partial charge in [0, 0.05) is 13.6 Å². The molecule has 0 unspecified atom stereocenters. The summed E-state index contributed by atoms with van der Waals surface area (Å²) in [5.74, 6) is -1.23. The van der Waals surface area contributed by atoms with Crippen molar-refractivity contribution in [2.75, 3.05) is 24.5 Å². The van der Waals surface area contributed by atoms with Gasteiger partial charge >= 0.3 is 5.97 Å². The summed E-state index contributed by atoms with van der Waals surface area (Å²) in [6.07, 6.45) is 0. The lowest BCUT2D eigenvalue weighted by Gasteiger charge is -2.23. The van der Waals surface area contributed by atoms with Crippen molar-refractivity contribution < 1.29 is 22.7 Å². The summed E-state index contributed by atoms with van der Waals surface area (Å²) in [6.45, 7) is 1.53. The number of carbonyl (C=O) groups is 2. The Labute approximate surface area is 152 Å². The molecule has 0 fully saturated rings. The highest BCUT2D eigenvalue weighted by molar-refractivity contribution is 7.92. The zero-order chi connectivity index (χ0) is 19.2. The van der Waals surface area contributed by atoms with E-state index in [4.69, 9.17) is 4.74 Å². The van der Waals surface area contributed by atoms with Crippen LogP contribution in [0.4, 0.5) is 5.69 Å². The molecule has 0 spiro atoms. The van der Waals surface area contributed by atoms with Crippen LogP contribution in [0.5, 0.6) is 0 Å². The first-order valence-electron chi connectivity index (χ1n) is 7.95. The number of esters is 1. The quantitative estimate of drug-likeness (QED) is 0.744. The molecule has 138 valence electrons. The van der Waals surface area contributed by atoms with E-state index in [1.54, 1.807) is 37.3 Å². The highest BCUT2D eigenvalue weighted by Gasteiger charge is 2.24. The maximum atomic E-state index is 13.0. The summed E-state index contributed by atoms with van der Waals surface area (Å²) >= 11 is 0. The molecule has 8 heteroatoms. The van der Waals surface area contributed by atoms with Crippen LogP contribution in [0, 0.1) is 0 Å². The number of nitrogens with zero attached hydrogens (tertiary/aromatic N) is 1. The fourth-order valence-corrected chi connectivity index (χ4v) is 3.80. The van der Waals surface area contributed by atoms with E-state index in [-0.39, 0.29) is 17.0 Å². The van der Waals surface area contributed by atoms with Gasteiger partial charge in [-0.15, -0.1) is 0 Å². The molecule has 0 aliphatic rings. The monoisotopic (exact) mass is 376 g/mol. The smallest absolute Gasteiger partial charge is 0.338 e. The number of ether oxygens (including phenoxy) is 1. The normalized spacial score (nSPS) is 10.8. The lowest BCUT2D eigenvalue weighted by Crippen LogP contribution is -2.31. The third kappa shape index (κ3) is 4.40. The Morgan fingerprint density at radius 2 is 1.77 bits per heavy atom. The minimum atomic E-state index is -3.85. The van der Waals surface area contributed by atoms with Gasteiger partial charge in [-0.3, -0.25) is 9.10 Å². The average Bonchev–Trinajstić information content (AvgIpc) is 2.67. The summed E-state index contributed by atoms with van der Waals surface area (Å²) < 4.78 is 32.0. The van der Waals surface area contributed by atoms with E-state index in [2.05, 4.69) is 5.32 Å². The van der Waals surface area contributed by atoms with Gasteiger partial charge in [-0.25, -0.2) is 13.2 Å². The maximum absolute atomic E-state index is 13.0. The van der Waals surface area contributed by atoms with Gasteiger partial charge in [0.05, 0.1) is 16.1 Å². The van der Waals surface area contributed by atoms with Crippen LogP contribution in [-0.2, 0) is 19.6 Å². The largest absolute Gasteiger partial charge is 0.452 e. The van der Waals surface area contributed by atoms with Crippen molar-refractivity contribution in [2.45, 2.75) is 11.8 Å². The third-order valence-corrected chi connectivity index (χ3v) is 5.50. The van der Waals surface area contributed by atoms with Crippen LogP contribution in [0.2, 0.25) is 0 Å². The highest BCUT2D eigenvalue weighted by atomic mass is 32.2. The Kier molecular flexibility index (Phi) is 6.35. The number of sulfonamides is 1. The number of hydrogen-bond acceptors (Lipinski definition) is 5. The minimum absolute atomic E-state index is 0.0300. The van der Waals surface area contributed by atoms with Crippen LogP contribution in [0.25, 0.3) is 0 Å². The van der Waals surface area contributed by atoms with Crippen molar-refractivity contribution >= 4 is 27.6 Å². The molecular formula is C18H20N2O5S. The summed E-state index contributed by atoms with van der Waals surface area (Å²) in [5, 5.41) is 2.33. The molecule has 0 saturated carbocycles. The number of benzene rings is 2. The van der Waals surface area contributed by atoms with Crippen molar-refractivity contribution in [3.05, 3.63) is 60.2 Å². The fraction of sp³-hybridized carbons (Fsp3) is 0.222. The van der Waals surface area contributed by atoms with Crippen molar-refractivity contribution in [3.63, 3.8) is 0 Å². The molecule has 7 nitrogen and oxygen atoms in total. The topological polar surface area (TPSA) is 92.8 Å². The third-order valence-electron chi connectivity index (χ3n) is 3.60. The van der Waals surface area contributed by atoms with E-state index in [9.17, 15) is 18.0 Å². The maximum Gasteiger partial charge on any atom is 0.338 e. The Balaban J connectivity index is 2.30. The standard InChI is InChI=1S/C18H20N2O5S/c1-3-20(15-9-5-4-6-10-15)26(23,24)16-11-7-8-14(12-16)18(22)25-13-17(21)19-2/h4-12H,3,13H2,1-2H3,(H,19,21). The number of carbonyl (C=O) groups excluding carboxylic acids is 2. The summed E-state index contributed by atoms with van der Waals surface area (Å²) in [6, 6.07) is 14.2. The summed E-state index contributed by atoms with van der Waals surface area (Å²) in [5.41, 5.74) is 0.585. The Morgan fingerprint density at radius 3 is 2.38 bits per heavy atom. The highest BCUT2D eigenvalue weighted by Crippen LogP contribution is 2.24. The average molecular weight is 376 g/mol. The van der Waals surface area contributed by atoms with Crippen molar-refractivity contribution in [2.24, 2.45) is 0 Å². The van der Waals surface area contributed by atoms with Crippen molar-refractivity contribution in [1.82, 2.24) is 5.32 Å². The number of likely N-dealkylation sites (N-methyl/N-ethyl adjacent to an activating group) is 1. The fourth-order valence-electron chi connectivity index (χ4n) is 2.28. The number of amides is 1. The molecule has 0 radical (unpaired) electrons. The lowest BCUT2D eigenvalue weighted by atomic mass is 10.2. The molecule has 1 amide bonds. The molecule has 26 heavy (non-hydrogen) atoms. The number of anilines is 1. The molecule has 2 aromatic rings. The van der Waals surface area contributed by atoms with Crippen LogP contribution < -0.4 is 9.62 Å². The van der Waals surface area contributed by atoms with E-state index < -0.39 is 28.5 Å². The molecule has 0 aliphatic carbocycles. The van der Waals surface area contributed by atoms with Gasteiger partial charge in [0.15, 0.2) is 6.61 Å². The zero-order valence-corrected chi connectivity index (χ0v) is 15.3. The molecule has 0 saturated heterocycles. The molecule has 0 bridgehead atoms. The molecule has 0 heterocycles. The molecule has 0 atom stereocenters. The second-order valence-corrected chi connectivity index (χ2v) is 7.14. The van der Waals surface area contributed by atoms with Gasteiger partial charge in [-0.05, 0) is 37.3 Å². The van der Waals surface area contributed by atoms with E-state index >= 15 is 0 Å². The molecular weight excluding hydrogens is 356 g/mol. The van der Waals surface area contributed by atoms with Crippen LogP contribution in [-0.4, -0.2) is 40.5 Å². The van der Waals surface area contributed by atoms with E-state index in [1.807, 2.05) is 0 Å². The predicted molar refractivity (Wildman–Crippen MR) is 97.4 cm³/mol. The second kappa shape index (κ2) is 8.48. The summed E-state index contributed by atoms with van der Waals surface area (Å²) in [7, 11) is -2.43. The SMILES string of the molecule is CCN(c1ccccc1)S(=O)(=O)c1cccc(C(=O)OCC(=O)NC)c1. The van der Waals surface area contributed by atoms with Gasteiger partial charge in [-0.2, -0.15) is 0 Å². The van der Waals surface area contributed by atoms with E-state index in [1.165, 1.54) is 35.6 Å². The van der Waals surface area contributed by atoms with Gasteiger partial charge in [0.2, 0.25) is 0 Å². The van der Waals surface area contributed by atoms with Gasteiger partial charge in [-0.1, -0.05) is 24.3 Å². The lowest BCUT2D eigenvalue weighted by molar-refractivity contribution is -0.123. The van der Waals surface area contributed by atoms with Crippen molar-refractivity contribution in [3.8, 4) is 0 Å². The number of rotatable bonds is 7. The molecule has 0 aliphatic heterocycles. The van der Waals surface area contributed by atoms with Gasteiger partial charge < -0.3 is 10.1 Å². The molecule has 2 rings (SSSR count). The minimum Gasteiger partial charge on any atom is -0.452 e. The Morgan fingerprint density at radius 1 is 1.08 bits per heavy atom. The zero-order valence-electron chi connectivity index (χ0n) is 14.5. The van der Waals surface area contributed by atoms with Crippen LogP contribution in [0.15, 0.2) is 59.5 Å². The summed E-state index contributed by atoms with van der Waals surface area (Å²) in [4.78, 5) is 23.2. The first-order valence-corrected chi connectivity index (χ1v) is 9.39. The van der Waals surface area contributed by atoms with Crippen LogP contribution in [0.1, 0.15) is 17.3 Å². The van der Waals surface area contributed by atoms with Gasteiger partial charge in [0.25, 0.3) is 15.9 Å². The first-order chi connectivity index (χ1) is 12.4. The van der Waals surface area contributed by atoms with E-state index in [0.717, 1.165) is 0 Å². The van der Waals surface area contributed by atoms with Crippen LogP contribution >= 0.6 is 0 Å². The molecule has 2 aromatic carbocycles. The number of hydrogen-bond donors (Lipinski definition) is 1. The molecule has 1 N–H and O–H groups in total. The van der Waals surface area contributed by atoms with E-state index in [0.29, 0.717) is 5.69 Å². The Bertz CT molecular complexity index is 881. The van der Waals surface area contributed by atoms with Crippen LogP contribution in [0.3, 0.4) is 0 Å². The number of para-hydroxylation sites is 1. The van der Waals surface area contributed by atoms with Gasteiger partial charge in [0.1, 0.15) is 0 Å². The Hall–Kier alpha value is -2.87. The predicted octanol–water partition coefficient (Wildman–Crippen LogP) is 1.80. The first kappa shape index (κ1) is 19.5. The van der Waals surface area contributed by atoms with Crippen molar-refractivity contribution in [1.29, 1.82) is 0 Å². The molecule has 0 aromatic heterocycles. The number of nitrogens with one attached hydrogen (secondary N) is 1. The second-order valence-electron chi connectivity index (χ2n) is 5.28.